The smallest absolute Gasteiger partial charge is 0.322 e. The van der Waals surface area contributed by atoms with Crippen molar-refractivity contribution >= 4 is 46.1 Å². The van der Waals surface area contributed by atoms with E-state index in [2.05, 4.69) is 15.5 Å². The lowest BCUT2D eigenvalue weighted by Crippen LogP contribution is -2.10. The van der Waals surface area contributed by atoms with Crippen molar-refractivity contribution in [3.63, 3.8) is 0 Å². The molecule has 0 aliphatic heterocycles. The maximum atomic E-state index is 12.3. The number of hydrogen-bond acceptors (Lipinski definition) is 5. The Hall–Kier alpha value is -2.83. The van der Waals surface area contributed by atoms with Gasteiger partial charge < -0.3 is 8.83 Å². The molecule has 25 heavy (non-hydrogen) atoms. The van der Waals surface area contributed by atoms with E-state index in [1.54, 1.807) is 30.3 Å². The maximum absolute atomic E-state index is 12.3. The molecule has 4 rings (SSSR count). The van der Waals surface area contributed by atoms with Gasteiger partial charge in [-0.3, -0.25) is 10.1 Å². The van der Waals surface area contributed by atoms with Gasteiger partial charge in [0.2, 0.25) is 5.89 Å². The molecular weight excluding hydrogens is 365 g/mol. The van der Waals surface area contributed by atoms with Crippen molar-refractivity contribution < 1.29 is 13.6 Å². The Morgan fingerprint density at radius 3 is 2.48 bits per heavy atom. The van der Waals surface area contributed by atoms with Gasteiger partial charge in [0.25, 0.3) is 5.91 Å². The van der Waals surface area contributed by atoms with Gasteiger partial charge in [-0.2, -0.15) is 0 Å². The van der Waals surface area contributed by atoms with Crippen LogP contribution in [0.2, 0.25) is 10.0 Å². The Balaban J connectivity index is 1.57. The number of nitrogens with zero attached hydrogens (tertiary/aromatic N) is 2. The van der Waals surface area contributed by atoms with Crippen LogP contribution in [0.15, 0.2) is 57.4 Å². The zero-order chi connectivity index (χ0) is 17.4. The van der Waals surface area contributed by atoms with Crippen molar-refractivity contribution in [2.45, 2.75) is 0 Å². The number of halogens is 2. The maximum Gasteiger partial charge on any atom is 0.322 e. The number of hydrogen-bond donors (Lipinski definition) is 1. The minimum absolute atomic E-state index is 0.0587. The van der Waals surface area contributed by atoms with Crippen molar-refractivity contribution in [2.24, 2.45) is 0 Å². The summed E-state index contributed by atoms with van der Waals surface area (Å²) in [6.07, 6.45) is 0. The molecule has 124 valence electrons. The lowest BCUT2D eigenvalue weighted by Gasteiger charge is -1.98. The zero-order valence-corrected chi connectivity index (χ0v) is 14.0. The molecule has 1 N–H and O–H groups in total. The van der Waals surface area contributed by atoms with E-state index < -0.39 is 5.91 Å². The van der Waals surface area contributed by atoms with Crippen molar-refractivity contribution in [1.82, 2.24) is 10.2 Å². The molecule has 0 saturated heterocycles. The van der Waals surface area contributed by atoms with E-state index in [0.29, 0.717) is 21.2 Å². The number of amides is 1. The summed E-state index contributed by atoms with van der Waals surface area (Å²) >= 11 is 11.9. The standard InChI is InChI=1S/C17H9Cl2N3O3/c18-11-5-10(6-12(19)8-11)16-21-22-17(25-16)20-15(23)14-7-9-3-1-2-4-13(9)24-14/h1-8H,(H,20,22,23). The number of carbonyl (C=O) groups excluding carboxylic acids is 1. The minimum Gasteiger partial charge on any atom is -0.451 e. The van der Waals surface area contributed by atoms with Crippen molar-refractivity contribution in [3.05, 3.63) is 64.3 Å². The lowest BCUT2D eigenvalue weighted by atomic mass is 10.2. The first kappa shape index (κ1) is 15.7. The summed E-state index contributed by atoms with van der Waals surface area (Å²) in [7, 11) is 0. The molecule has 0 atom stereocenters. The van der Waals surface area contributed by atoms with Gasteiger partial charge in [0, 0.05) is 21.0 Å². The van der Waals surface area contributed by atoms with Gasteiger partial charge in [0.05, 0.1) is 0 Å². The fourth-order valence-electron chi connectivity index (χ4n) is 2.32. The van der Waals surface area contributed by atoms with Crippen LogP contribution >= 0.6 is 23.2 Å². The van der Waals surface area contributed by atoms with Gasteiger partial charge in [-0.05, 0) is 30.3 Å². The summed E-state index contributed by atoms with van der Waals surface area (Å²) in [5, 5.41) is 11.9. The van der Waals surface area contributed by atoms with Gasteiger partial charge in [-0.15, -0.1) is 5.10 Å². The van der Waals surface area contributed by atoms with Crippen LogP contribution in [-0.4, -0.2) is 16.1 Å². The zero-order valence-electron chi connectivity index (χ0n) is 12.5. The first-order valence-corrected chi connectivity index (χ1v) is 7.94. The second-order valence-electron chi connectivity index (χ2n) is 5.17. The number of carbonyl (C=O) groups is 1. The molecule has 0 bridgehead atoms. The molecule has 6 nitrogen and oxygen atoms in total. The van der Waals surface area contributed by atoms with Crippen LogP contribution in [0.1, 0.15) is 10.6 Å². The first-order valence-electron chi connectivity index (χ1n) is 7.18. The second-order valence-corrected chi connectivity index (χ2v) is 6.05. The topological polar surface area (TPSA) is 81.2 Å². The molecule has 1 amide bonds. The third-order valence-electron chi connectivity index (χ3n) is 3.40. The van der Waals surface area contributed by atoms with Crippen LogP contribution in [0.5, 0.6) is 0 Å². The third-order valence-corrected chi connectivity index (χ3v) is 3.84. The molecule has 0 aliphatic rings. The number of nitrogens with one attached hydrogen (secondary N) is 1. The quantitative estimate of drug-likeness (QED) is 0.543. The van der Waals surface area contributed by atoms with Crippen LogP contribution in [0, 0.1) is 0 Å². The van der Waals surface area contributed by atoms with E-state index in [1.165, 1.54) is 0 Å². The van der Waals surface area contributed by atoms with E-state index in [-0.39, 0.29) is 17.7 Å². The summed E-state index contributed by atoms with van der Waals surface area (Å²) in [4.78, 5) is 12.3. The Kier molecular flexibility index (Phi) is 3.91. The highest BCUT2D eigenvalue weighted by Gasteiger charge is 2.16. The lowest BCUT2D eigenvalue weighted by molar-refractivity contribution is 0.0996. The molecule has 2 heterocycles. The van der Waals surface area contributed by atoms with E-state index in [0.717, 1.165) is 5.39 Å². The minimum atomic E-state index is -0.490. The summed E-state index contributed by atoms with van der Waals surface area (Å²) in [6, 6.07) is 13.7. The molecule has 0 saturated carbocycles. The third kappa shape index (κ3) is 3.22. The summed E-state index contributed by atoms with van der Waals surface area (Å²) in [6.45, 7) is 0. The normalized spacial score (nSPS) is 11.0. The van der Waals surface area contributed by atoms with Crippen LogP contribution in [0.4, 0.5) is 6.01 Å². The molecule has 0 radical (unpaired) electrons. The first-order chi connectivity index (χ1) is 12.1. The van der Waals surface area contributed by atoms with E-state index in [4.69, 9.17) is 32.0 Å². The monoisotopic (exact) mass is 373 g/mol. The number of anilines is 1. The number of benzene rings is 2. The number of aromatic nitrogens is 2. The van der Waals surface area contributed by atoms with Crippen molar-refractivity contribution in [2.75, 3.05) is 5.32 Å². The number of fused-ring (bicyclic) bond motifs is 1. The molecule has 2 aromatic heterocycles. The van der Waals surface area contributed by atoms with E-state index in [1.807, 2.05) is 18.2 Å². The highest BCUT2D eigenvalue weighted by Crippen LogP contribution is 2.27. The summed E-state index contributed by atoms with van der Waals surface area (Å²) < 4.78 is 10.9. The van der Waals surface area contributed by atoms with Crippen molar-refractivity contribution in [1.29, 1.82) is 0 Å². The second kappa shape index (κ2) is 6.23. The largest absolute Gasteiger partial charge is 0.451 e. The van der Waals surface area contributed by atoms with Gasteiger partial charge >= 0.3 is 6.01 Å². The van der Waals surface area contributed by atoms with Crippen LogP contribution in [-0.2, 0) is 0 Å². The molecule has 8 heteroatoms. The van der Waals surface area contributed by atoms with Crippen molar-refractivity contribution in [3.8, 4) is 11.5 Å². The Bertz CT molecular complexity index is 1030. The Morgan fingerprint density at radius 2 is 1.72 bits per heavy atom. The van der Waals surface area contributed by atoms with Crippen LogP contribution in [0.3, 0.4) is 0 Å². The highest BCUT2D eigenvalue weighted by atomic mass is 35.5. The van der Waals surface area contributed by atoms with Gasteiger partial charge in [-0.1, -0.05) is 46.5 Å². The summed E-state index contributed by atoms with van der Waals surface area (Å²) in [5.74, 6) is -0.161. The molecule has 0 aliphatic carbocycles. The number of para-hydroxylation sites is 1. The fraction of sp³-hybridized carbons (Fsp3) is 0. The molecule has 4 aromatic rings. The van der Waals surface area contributed by atoms with E-state index in [9.17, 15) is 4.79 Å². The number of rotatable bonds is 3. The molecule has 0 spiro atoms. The van der Waals surface area contributed by atoms with Gasteiger partial charge in [0.15, 0.2) is 5.76 Å². The summed E-state index contributed by atoms with van der Waals surface area (Å²) in [5.41, 5.74) is 1.17. The predicted octanol–water partition coefficient (Wildman–Crippen LogP) is 5.04. The molecule has 0 unspecified atom stereocenters. The molecule has 0 fully saturated rings. The molecular formula is C17H9Cl2N3O3. The fourth-order valence-corrected chi connectivity index (χ4v) is 2.85. The highest BCUT2D eigenvalue weighted by molar-refractivity contribution is 6.35. The SMILES string of the molecule is O=C(Nc1nnc(-c2cc(Cl)cc(Cl)c2)o1)c1cc2ccccc2o1. The average molecular weight is 374 g/mol. The molecule has 2 aromatic carbocycles. The van der Waals surface area contributed by atoms with Gasteiger partial charge in [0.1, 0.15) is 5.58 Å². The van der Waals surface area contributed by atoms with Crippen LogP contribution in [0.25, 0.3) is 22.4 Å². The Morgan fingerprint density at radius 1 is 0.960 bits per heavy atom. The van der Waals surface area contributed by atoms with Crippen LogP contribution < -0.4 is 5.32 Å². The Labute approximate surface area is 151 Å². The van der Waals surface area contributed by atoms with E-state index >= 15 is 0 Å². The number of furan rings is 1. The van der Waals surface area contributed by atoms with Gasteiger partial charge in [-0.25, -0.2) is 0 Å². The average Bonchev–Trinajstić information content (AvgIpc) is 3.20. The predicted molar refractivity (Wildman–Crippen MR) is 93.9 cm³/mol.